The Hall–Kier alpha value is -3.15. The number of rotatable bonds is 7. The number of carbonyl (C=O) groups is 3. The number of ether oxygens (including phenoxy) is 1. The van der Waals surface area contributed by atoms with Crippen molar-refractivity contribution in [3.8, 4) is 0 Å². The molecule has 13 heteroatoms. The van der Waals surface area contributed by atoms with Crippen molar-refractivity contribution < 1.29 is 24.0 Å². The maximum Gasteiger partial charge on any atom is 0.417 e. The normalized spacial score (nSPS) is 19.5. The number of hydrogen-bond acceptors (Lipinski definition) is 8. The molecule has 31 heavy (non-hydrogen) atoms. The van der Waals surface area contributed by atoms with E-state index in [1.54, 1.807) is 26.3 Å². The molecular weight excluding hydrogens is 426 g/mol. The Morgan fingerprint density at radius 2 is 2.26 bits per heavy atom. The first kappa shape index (κ1) is 22.5. The molecule has 4 amide bonds. The first-order valence-corrected chi connectivity index (χ1v) is 10.4. The molecule has 3 heterocycles. The second-order valence-corrected chi connectivity index (χ2v) is 8.68. The lowest BCUT2D eigenvalue weighted by Crippen LogP contribution is -2.49. The summed E-state index contributed by atoms with van der Waals surface area (Å²) in [4.78, 5) is 54.6. The molecule has 1 aromatic rings. The monoisotopic (exact) mass is 449 g/mol. The van der Waals surface area contributed by atoms with Gasteiger partial charge in [-0.2, -0.15) is 5.06 Å². The number of imide groups is 1. The van der Waals surface area contributed by atoms with Gasteiger partial charge < -0.3 is 9.64 Å². The molecule has 2 bridgehead atoms. The van der Waals surface area contributed by atoms with Crippen LogP contribution >= 0.6 is 11.3 Å². The zero-order valence-corrected chi connectivity index (χ0v) is 18.2. The predicted octanol–water partition coefficient (Wildman–Crippen LogP) is 3.17. The highest BCUT2D eigenvalue weighted by molar-refractivity contribution is 7.09. The number of nitrogens with zero attached hydrogens (tertiary/aromatic N) is 7. The molecule has 166 valence electrons. The lowest BCUT2D eigenvalue weighted by atomic mass is 10.0. The van der Waals surface area contributed by atoms with Crippen molar-refractivity contribution in [3.05, 3.63) is 39.2 Å². The van der Waals surface area contributed by atoms with Crippen molar-refractivity contribution in [1.82, 2.24) is 19.8 Å². The molecule has 1 aromatic heterocycles. The van der Waals surface area contributed by atoms with Crippen LogP contribution in [-0.4, -0.2) is 69.7 Å². The third-order valence-electron chi connectivity index (χ3n) is 4.52. The number of azide groups is 1. The van der Waals surface area contributed by atoms with E-state index in [2.05, 4.69) is 21.6 Å². The highest BCUT2D eigenvalue weighted by Gasteiger charge is 2.53. The SMILES string of the molecule is C=CCON1C(=O)N2CC1c1scnc1C2C(=O)N(CCN=[N+]=[N-])C(=O)OC(C)(C)C. The van der Waals surface area contributed by atoms with Crippen LogP contribution in [0, 0.1) is 0 Å². The van der Waals surface area contributed by atoms with Gasteiger partial charge in [0.15, 0.2) is 6.04 Å². The number of carbonyl (C=O) groups excluding carboxylic acids is 3. The molecule has 12 nitrogen and oxygen atoms in total. The summed E-state index contributed by atoms with van der Waals surface area (Å²) in [6, 6.07) is -2.03. The van der Waals surface area contributed by atoms with Crippen LogP contribution in [0.4, 0.5) is 9.59 Å². The fourth-order valence-corrected chi connectivity index (χ4v) is 4.24. The van der Waals surface area contributed by atoms with E-state index >= 15 is 0 Å². The maximum absolute atomic E-state index is 13.5. The van der Waals surface area contributed by atoms with Gasteiger partial charge in [-0.25, -0.2) is 19.5 Å². The largest absolute Gasteiger partial charge is 0.443 e. The molecule has 0 saturated carbocycles. The number of aromatic nitrogens is 1. The van der Waals surface area contributed by atoms with E-state index in [-0.39, 0.29) is 26.2 Å². The molecule has 2 aliphatic rings. The molecule has 0 N–H and O–H groups in total. The van der Waals surface area contributed by atoms with Crippen LogP contribution in [0.1, 0.15) is 43.4 Å². The molecular formula is C18H23N7O5S. The standard InChI is InChI=1S/C18H23N7O5S/c1-5-8-29-25-11-9-24(16(25)27)13(12-14(11)31-10-20-12)15(26)23(7-6-21-22-19)17(28)30-18(2,3)4/h5,10-11,13H,1,6-9H2,2-4H3. The van der Waals surface area contributed by atoms with Gasteiger partial charge in [0.05, 0.1) is 29.2 Å². The fraction of sp³-hybridized carbons (Fsp3) is 0.556. The van der Waals surface area contributed by atoms with Crippen molar-refractivity contribution in [3.63, 3.8) is 0 Å². The second-order valence-electron chi connectivity index (χ2n) is 7.79. The van der Waals surface area contributed by atoms with Crippen LogP contribution in [-0.2, 0) is 14.4 Å². The summed E-state index contributed by atoms with van der Waals surface area (Å²) in [6.45, 7) is 8.59. The molecule has 1 saturated heterocycles. The van der Waals surface area contributed by atoms with Crippen molar-refractivity contribution >= 4 is 29.4 Å². The number of fused-ring (bicyclic) bond motifs is 4. The molecule has 3 rings (SSSR count). The third-order valence-corrected chi connectivity index (χ3v) is 5.46. The minimum Gasteiger partial charge on any atom is -0.443 e. The molecule has 0 radical (unpaired) electrons. The zero-order chi connectivity index (χ0) is 22.8. The number of amides is 4. The molecule has 0 aliphatic carbocycles. The van der Waals surface area contributed by atoms with Gasteiger partial charge in [-0.05, 0) is 26.3 Å². The summed E-state index contributed by atoms with van der Waals surface area (Å²) >= 11 is 1.31. The third kappa shape index (κ3) is 4.48. The fourth-order valence-electron chi connectivity index (χ4n) is 3.34. The van der Waals surface area contributed by atoms with Gasteiger partial charge in [0.2, 0.25) is 0 Å². The smallest absolute Gasteiger partial charge is 0.417 e. The van der Waals surface area contributed by atoms with E-state index in [1.807, 2.05) is 0 Å². The highest BCUT2D eigenvalue weighted by atomic mass is 32.1. The Labute approximate surface area is 182 Å². The van der Waals surface area contributed by atoms with Crippen LogP contribution < -0.4 is 0 Å². The Morgan fingerprint density at radius 1 is 1.52 bits per heavy atom. The number of thiazole rings is 1. The summed E-state index contributed by atoms with van der Waals surface area (Å²) < 4.78 is 5.36. The van der Waals surface area contributed by atoms with Crippen LogP contribution in [0.15, 0.2) is 23.3 Å². The lowest BCUT2D eigenvalue weighted by molar-refractivity contribution is -0.135. The van der Waals surface area contributed by atoms with Crippen molar-refractivity contribution in [1.29, 1.82) is 0 Å². The molecule has 1 fully saturated rings. The van der Waals surface area contributed by atoms with Crippen molar-refractivity contribution in [2.24, 2.45) is 5.11 Å². The van der Waals surface area contributed by atoms with Gasteiger partial charge in [-0.3, -0.25) is 9.63 Å². The van der Waals surface area contributed by atoms with Gasteiger partial charge >= 0.3 is 12.1 Å². The van der Waals surface area contributed by atoms with Gasteiger partial charge in [-0.15, -0.1) is 17.9 Å². The van der Waals surface area contributed by atoms with Gasteiger partial charge in [0.1, 0.15) is 11.6 Å². The lowest BCUT2D eigenvalue weighted by Gasteiger charge is -2.33. The van der Waals surface area contributed by atoms with E-state index in [0.29, 0.717) is 10.6 Å². The summed E-state index contributed by atoms with van der Waals surface area (Å²) in [5.41, 5.74) is 9.69. The van der Waals surface area contributed by atoms with Gasteiger partial charge in [-0.1, -0.05) is 11.2 Å². The Kier molecular flexibility index (Phi) is 6.48. The number of hydrogen-bond donors (Lipinski definition) is 0. The second kappa shape index (κ2) is 8.92. The summed E-state index contributed by atoms with van der Waals surface area (Å²) in [5, 5.41) is 4.62. The van der Waals surface area contributed by atoms with E-state index in [1.165, 1.54) is 27.4 Å². The van der Waals surface area contributed by atoms with Crippen LogP contribution in [0.3, 0.4) is 0 Å². The topological polar surface area (TPSA) is 141 Å². The minimum absolute atomic E-state index is 0.124. The van der Waals surface area contributed by atoms with E-state index in [0.717, 1.165) is 4.90 Å². The van der Waals surface area contributed by atoms with E-state index < -0.39 is 35.7 Å². The first-order valence-electron chi connectivity index (χ1n) is 9.51. The van der Waals surface area contributed by atoms with Crippen LogP contribution in [0.5, 0.6) is 0 Å². The van der Waals surface area contributed by atoms with Crippen LogP contribution in [0.25, 0.3) is 10.4 Å². The van der Waals surface area contributed by atoms with Crippen molar-refractivity contribution in [2.45, 2.75) is 38.5 Å². The van der Waals surface area contributed by atoms with Gasteiger partial charge in [0, 0.05) is 18.0 Å². The maximum atomic E-state index is 13.5. The minimum atomic E-state index is -1.12. The summed E-state index contributed by atoms with van der Waals surface area (Å²) in [5.74, 6) is -0.688. The molecule has 2 unspecified atom stereocenters. The summed E-state index contributed by atoms with van der Waals surface area (Å²) in [7, 11) is 0. The highest BCUT2D eigenvalue weighted by Crippen LogP contribution is 2.45. The zero-order valence-electron chi connectivity index (χ0n) is 17.4. The molecule has 2 aliphatic heterocycles. The van der Waals surface area contributed by atoms with E-state index in [4.69, 9.17) is 15.1 Å². The average molecular weight is 449 g/mol. The van der Waals surface area contributed by atoms with Crippen LogP contribution in [0.2, 0.25) is 0 Å². The molecule has 2 atom stereocenters. The number of hydroxylamine groups is 2. The predicted molar refractivity (Wildman–Crippen MR) is 110 cm³/mol. The first-order chi connectivity index (χ1) is 14.7. The average Bonchev–Trinajstić information content (AvgIpc) is 3.27. The van der Waals surface area contributed by atoms with Crippen molar-refractivity contribution in [2.75, 3.05) is 26.2 Å². The Bertz CT molecular complexity index is 936. The summed E-state index contributed by atoms with van der Waals surface area (Å²) in [6.07, 6.45) is 0.622. The number of urea groups is 1. The Morgan fingerprint density at radius 3 is 2.90 bits per heavy atom. The quantitative estimate of drug-likeness (QED) is 0.271. The Balaban J connectivity index is 1.94. The van der Waals surface area contributed by atoms with Gasteiger partial charge in [0.25, 0.3) is 5.91 Å². The molecule has 0 aromatic carbocycles. The molecule has 0 spiro atoms. The van der Waals surface area contributed by atoms with E-state index in [9.17, 15) is 14.4 Å².